The zero-order chi connectivity index (χ0) is 21.7. The molecule has 0 fully saturated rings. The van der Waals surface area contributed by atoms with Crippen LogP contribution in [0.25, 0.3) is 0 Å². The van der Waals surface area contributed by atoms with Gasteiger partial charge in [0.2, 0.25) is 15.2 Å². The number of carbonyl (C=O) groups excluding carboxylic acids is 1. The van der Waals surface area contributed by atoms with E-state index in [-0.39, 0.29) is 28.6 Å². The van der Waals surface area contributed by atoms with Gasteiger partial charge in [-0.25, -0.2) is 17.1 Å². The Labute approximate surface area is 182 Å². The summed E-state index contributed by atoms with van der Waals surface area (Å²) < 4.78 is 39.9. The van der Waals surface area contributed by atoms with E-state index >= 15 is 0 Å². The molecule has 3 aromatic rings. The van der Waals surface area contributed by atoms with Gasteiger partial charge in [-0.1, -0.05) is 53.4 Å². The Morgan fingerprint density at radius 2 is 1.93 bits per heavy atom. The van der Waals surface area contributed by atoms with Crippen LogP contribution in [0.5, 0.6) is 0 Å². The smallest absolute Gasteiger partial charge is 0.242 e. The molecule has 3 rings (SSSR count). The maximum Gasteiger partial charge on any atom is 0.242 e. The number of Topliss-reactive ketones (excluding diaryl/α,β-unsaturated/α-hetero) is 1. The van der Waals surface area contributed by atoms with Crippen LogP contribution in [0.3, 0.4) is 0 Å². The second-order valence-electron chi connectivity index (χ2n) is 6.35. The highest BCUT2D eigenvalue weighted by molar-refractivity contribution is 8.00. The summed E-state index contributed by atoms with van der Waals surface area (Å²) in [5.41, 5.74) is 0.860. The number of hydrogen-bond acceptors (Lipinski definition) is 8. The molecule has 30 heavy (non-hydrogen) atoms. The van der Waals surface area contributed by atoms with Crippen molar-refractivity contribution in [3.05, 3.63) is 65.5 Å². The summed E-state index contributed by atoms with van der Waals surface area (Å²) in [6.07, 6.45) is 0. The van der Waals surface area contributed by atoms with Crippen LogP contribution < -0.4 is 5.32 Å². The van der Waals surface area contributed by atoms with Gasteiger partial charge in [0.15, 0.2) is 10.1 Å². The molecule has 0 amide bonds. The summed E-state index contributed by atoms with van der Waals surface area (Å²) in [5.74, 6) is -0.119. The van der Waals surface area contributed by atoms with Gasteiger partial charge in [-0.05, 0) is 23.8 Å². The van der Waals surface area contributed by atoms with Crippen molar-refractivity contribution < 1.29 is 17.6 Å². The lowest BCUT2D eigenvalue weighted by Gasteiger charge is -2.12. The number of thioether (sulfide) groups is 1. The van der Waals surface area contributed by atoms with Crippen LogP contribution in [0.4, 0.5) is 9.52 Å². The van der Waals surface area contributed by atoms with Crippen LogP contribution in [0, 0.1) is 5.82 Å². The molecule has 0 aliphatic carbocycles. The van der Waals surface area contributed by atoms with E-state index in [1.54, 1.807) is 24.3 Å². The van der Waals surface area contributed by atoms with Gasteiger partial charge in [0.1, 0.15) is 5.82 Å². The van der Waals surface area contributed by atoms with Gasteiger partial charge in [0, 0.05) is 25.4 Å². The molecule has 11 heteroatoms. The molecular weight excluding hydrogens is 447 g/mol. The molecule has 0 aliphatic rings. The molecule has 0 saturated heterocycles. The Morgan fingerprint density at radius 1 is 1.17 bits per heavy atom. The minimum Gasteiger partial charge on any atom is -0.353 e. The summed E-state index contributed by atoms with van der Waals surface area (Å²) in [6.45, 7) is -0.0575. The third-order valence-electron chi connectivity index (χ3n) is 4.05. The SMILES string of the molecule is CN(C)S(=O)(=O)c1cccc(C(=O)CNc2nnc(SCc3ccccc3F)s2)c1. The van der Waals surface area contributed by atoms with Gasteiger partial charge in [-0.2, -0.15) is 0 Å². The largest absolute Gasteiger partial charge is 0.353 e. The number of benzene rings is 2. The number of nitrogens with zero attached hydrogens (tertiary/aromatic N) is 3. The van der Waals surface area contributed by atoms with Gasteiger partial charge in [-0.15, -0.1) is 10.2 Å². The van der Waals surface area contributed by atoms with Crippen molar-refractivity contribution in [2.45, 2.75) is 15.0 Å². The number of hydrogen-bond donors (Lipinski definition) is 1. The third kappa shape index (κ3) is 5.42. The summed E-state index contributed by atoms with van der Waals surface area (Å²) >= 11 is 2.61. The summed E-state index contributed by atoms with van der Waals surface area (Å²) in [7, 11) is -0.752. The Balaban J connectivity index is 1.59. The zero-order valence-electron chi connectivity index (χ0n) is 16.2. The van der Waals surface area contributed by atoms with Crippen LogP contribution in [0.2, 0.25) is 0 Å². The van der Waals surface area contributed by atoms with Crippen molar-refractivity contribution in [1.29, 1.82) is 0 Å². The first-order valence-electron chi connectivity index (χ1n) is 8.77. The Kier molecular flexibility index (Phi) is 7.19. The van der Waals surface area contributed by atoms with Crippen LogP contribution in [-0.2, 0) is 15.8 Å². The number of sulfonamides is 1. The lowest BCUT2D eigenvalue weighted by Crippen LogP contribution is -2.22. The fraction of sp³-hybridized carbons (Fsp3) is 0.211. The van der Waals surface area contributed by atoms with Crippen LogP contribution >= 0.6 is 23.1 Å². The maximum absolute atomic E-state index is 13.7. The van der Waals surface area contributed by atoms with Crippen molar-refractivity contribution in [2.75, 3.05) is 26.0 Å². The average Bonchev–Trinajstić information content (AvgIpc) is 3.19. The van der Waals surface area contributed by atoms with Gasteiger partial charge < -0.3 is 5.32 Å². The number of carbonyl (C=O) groups is 1. The van der Waals surface area contributed by atoms with Crippen LogP contribution in [-0.4, -0.2) is 49.3 Å². The second-order valence-corrected chi connectivity index (χ2v) is 10.7. The predicted molar refractivity (Wildman–Crippen MR) is 116 cm³/mol. The molecule has 1 heterocycles. The quantitative estimate of drug-likeness (QED) is 0.381. The highest BCUT2D eigenvalue weighted by Crippen LogP contribution is 2.29. The fourth-order valence-electron chi connectivity index (χ4n) is 2.39. The molecule has 158 valence electrons. The van der Waals surface area contributed by atoms with E-state index in [9.17, 15) is 17.6 Å². The summed E-state index contributed by atoms with van der Waals surface area (Å²) in [4.78, 5) is 12.5. The van der Waals surface area contributed by atoms with E-state index in [1.807, 2.05) is 0 Å². The number of rotatable bonds is 9. The second kappa shape index (κ2) is 9.65. The molecule has 0 bridgehead atoms. The van der Waals surface area contributed by atoms with Crippen molar-refractivity contribution in [3.63, 3.8) is 0 Å². The number of ketones is 1. The number of aromatic nitrogens is 2. The predicted octanol–water partition coefficient (Wildman–Crippen LogP) is 3.51. The molecule has 0 unspecified atom stereocenters. The van der Waals surface area contributed by atoms with E-state index in [0.717, 1.165) is 4.31 Å². The van der Waals surface area contributed by atoms with Crippen LogP contribution in [0.15, 0.2) is 57.8 Å². The van der Waals surface area contributed by atoms with E-state index in [2.05, 4.69) is 15.5 Å². The Hall–Kier alpha value is -2.34. The molecule has 1 aromatic heterocycles. The van der Waals surface area contributed by atoms with Crippen molar-refractivity contribution in [1.82, 2.24) is 14.5 Å². The van der Waals surface area contributed by atoms with Gasteiger partial charge in [-0.3, -0.25) is 4.79 Å². The molecule has 1 N–H and O–H groups in total. The highest BCUT2D eigenvalue weighted by Gasteiger charge is 2.19. The maximum atomic E-state index is 13.7. The van der Waals surface area contributed by atoms with Gasteiger partial charge in [0.25, 0.3) is 0 Å². The van der Waals surface area contributed by atoms with E-state index in [1.165, 1.54) is 61.5 Å². The molecule has 0 spiro atoms. The Morgan fingerprint density at radius 3 is 2.67 bits per heavy atom. The zero-order valence-corrected chi connectivity index (χ0v) is 18.7. The number of anilines is 1. The topological polar surface area (TPSA) is 92.3 Å². The van der Waals surface area contributed by atoms with E-state index < -0.39 is 10.0 Å². The fourth-order valence-corrected chi connectivity index (χ4v) is 5.08. The van der Waals surface area contributed by atoms with Crippen molar-refractivity contribution >= 4 is 44.0 Å². The van der Waals surface area contributed by atoms with E-state index in [4.69, 9.17) is 0 Å². The normalized spacial score (nSPS) is 11.6. The minimum atomic E-state index is -3.62. The monoisotopic (exact) mass is 466 g/mol. The summed E-state index contributed by atoms with van der Waals surface area (Å²) in [5, 5.41) is 11.4. The molecule has 7 nitrogen and oxygen atoms in total. The molecular formula is C19H19FN4O3S3. The standard InChI is InChI=1S/C19H19FN4O3S3/c1-24(2)30(26,27)15-8-5-7-13(10-15)17(25)11-21-18-22-23-19(29-18)28-12-14-6-3-4-9-16(14)20/h3-10H,11-12H2,1-2H3,(H,21,22). The first-order chi connectivity index (χ1) is 14.3. The lowest BCUT2D eigenvalue weighted by atomic mass is 10.1. The molecule has 0 atom stereocenters. The highest BCUT2D eigenvalue weighted by atomic mass is 32.2. The molecule has 0 aliphatic heterocycles. The number of halogens is 1. The van der Waals surface area contributed by atoms with Crippen molar-refractivity contribution in [2.24, 2.45) is 0 Å². The Bertz CT molecular complexity index is 1150. The van der Waals surface area contributed by atoms with Crippen LogP contribution in [0.1, 0.15) is 15.9 Å². The molecule has 0 radical (unpaired) electrons. The minimum absolute atomic E-state index is 0.0566. The first kappa shape index (κ1) is 22.3. The van der Waals surface area contributed by atoms with Crippen molar-refractivity contribution in [3.8, 4) is 0 Å². The average molecular weight is 467 g/mol. The third-order valence-corrected chi connectivity index (χ3v) is 7.92. The van der Waals surface area contributed by atoms with Gasteiger partial charge in [0.05, 0.1) is 11.4 Å². The lowest BCUT2D eigenvalue weighted by molar-refractivity contribution is 0.101. The van der Waals surface area contributed by atoms with E-state index in [0.29, 0.717) is 20.8 Å². The molecule has 0 saturated carbocycles. The summed E-state index contributed by atoms with van der Waals surface area (Å²) in [6, 6.07) is 12.4. The first-order valence-corrected chi connectivity index (χ1v) is 12.0. The molecule has 2 aromatic carbocycles. The van der Waals surface area contributed by atoms with Gasteiger partial charge >= 0.3 is 0 Å². The number of nitrogens with one attached hydrogen (secondary N) is 1.